The second-order valence-corrected chi connectivity index (χ2v) is 5.30. The molecule has 1 fully saturated rings. The number of rotatable bonds is 2. The number of aromatic nitrogens is 1. The van der Waals surface area contributed by atoms with E-state index in [-0.39, 0.29) is 17.8 Å². The summed E-state index contributed by atoms with van der Waals surface area (Å²) >= 11 is 0. The minimum absolute atomic E-state index is 0.0384. The van der Waals surface area contributed by atoms with E-state index in [2.05, 4.69) is 4.98 Å². The van der Waals surface area contributed by atoms with Crippen molar-refractivity contribution in [1.82, 2.24) is 9.88 Å². The fourth-order valence-electron chi connectivity index (χ4n) is 2.85. The number of amides is 1. The van der Waals surface area contributed by atoms with Crippen LogP contribution in [0.15, 0.2) is 48.8 Å². The fraction of sp³-hybridized carbons (Fsp3) is 0.294. The Morgan fingerprint density at radius 2 is 2.00 bits per heavy atom. The summed E-state index contributed by atoms with van der Waals surface area (Å²) in [5.41, 5.74) is 1.60. The molecule has 0 N–H and O–H groups in total. The van der Waals surface area contributed by atoms with E-state index in [9.17, 15) is 9.18 Å². The Morgan fingerprint density at radius 3 is 2.71 bits per heavy atom. The summed E-state index contributed by atoms with van der Waals surface area (Å²) in [4.78, 5) is 18.7. The van der Waals surface area contributed by atoms with Gasteiger partial charge >= 0.3 is 0 Å². The highest BCUT2D eigenvalue weighted by molar-refractivity contribution is 5.94. The summed E-state index contributed by atoms with van der Waals surface area (Å²) in [6.45, 7) is 0.732. The molecule has 2 heterocycles. The Kier molecular flexibility index (Phi) is 3.95. The predicted octanol–water partition coefficient (Wildman–Crippen LogP) is 3.59. The van der Waals surface area contributed by atoms with Crippen LogP contribution >= 0.6 is 0 Å². The normalized spacial score (nSPS) is 18.5. The van der Waals surface area contributed by atoms with Gasteiger partial charge in [0.1, 0.15) is 5.82 Å². The molecule has 0 bridgehead atoms. The van der Waals surface area contributed by atoms with E-state index in [1.165, 1.54) is 12.1 Å². The maximum atomic E-state index is 13.0. The van der Waals surface area contributed by atoms with Gasteiger partial charge in [0.15, 0.2) is 0 Å². The zero-order valence-electron chi connectivity index (χ0n) is 11.7. The van der Waals surface area contributed by atoms with Crippen molar-refractivity contribution in [3.8, 4) is 0 Å². The molecule has 21 heavy (non-hydrogen) atoms. The lowest BCUT2D eigenvalue weighted by Gasteiger charge is -2.36. The number of carbonyl (C=O) groups excluding carboxylic acids is 1. The lowest BCUT2D eigenvalue weighted by Crippen LogP contribution is -2.38. The van der Waals surface area contributed by atoms with Gasteiger partial charge in [-0.25, -0.2) is 4.39 Å². The van der Waals surface area contributed by atoms with E-state index in [1.807, 2.05) is 23.2 Å². The standard InChI is InChI=1S/C17H17FN2O/c18-15-8-6-13(7-9-15)17(21)20-11-2-1-5-16(20)14-4-3-10-19-12-14/h3-4,6-10,12,16H,1-2,5,11H2. The van der Waals surface area contributed by atoms with Gasteiger partial charge in [-0.3, -0.25) is 9.78 Å². The number of piperidine rings is 1. The van der Waals surface area contributed by atoms with Crippen molar-refractivity contribution in [1.29, 1.82) is 0 Å². The van der Waals surface area contributed by atoms with Gasteiger partial charge in [-0.05, 0) is 55.2 Å². The van der Waals surface area contributed by atoms with Gasteiger partial charge in [0, 0.05) is 24.5 Å². The van der Waals surface area contributed by atoms with Crippen LogP contribution in [-0.4, -0.2) is 22.3 Å². The molecule has 0 aliphatic carbocycles. The SMILES string of the molecule is O=C(c1ccc(F)cc1)N1CCCCC1c1cccnc1. The number of carbonyl (C=O) groups is 1. The molecule has 3 rings (SSSR count). The minimum atomic E-state index is -0.325. The number of nitrogens with zero attached hydrogens (tertiary/aromatic N) is 2. The van der Waals surface area contributed by atoms with E-state index >= 15 is 0 Å². The summed E-state index contributed by atoms with van der Waals surface area (Å²) in [7, 11) is 0. The molecule has 1 atom stereocenters. The Labute approximate surface area is 123 Å². The molecule has 1 amide bonds. The van der Waals surface area contributed by atoms with E-state index in [4.69, 9.17) is 0 Å². The van der Waals surface area contributed by atoms with Crippen molar-refractivity contribution in [3.05, 3.63) is 65.7 Å². The molecular weight excluding hydrogens is 267 g/mol. The average Bonchev–Trinajstić information content (AvgIpc) is 2.56. The van der Waals surface area contributed by atoms with E-state index < -0.39 is 0 Å². The molecule has 1 aliphatic heterocycles. The van der Waals surface area contributed by atoms with Gasteiger partial charge in [-0.1, -0.05) is 6.07 Å². The van der Waals surface area contributed by atoms with Crippen LogP contribution < -0.4 is 0 Å². The predicted molar refractivity (Wildman–Crippen MR) is 78.3 cm³/mol. The quantitative estimate of drug-likeness (QED) is 0.844. The number of hydrogen-bond donors (Lipinski definition) is 0. The number of pyridine rings is 1. The van der Waals surface area contributed by atoms with Gasteiger partial charge in [0.25, 0.3) is 5.91 Å². The Hall–Kier alpha value is -2.23. The van der Waals surface area contributed by atoms with E-state index in [1.54, 1.807) is 18.3 Å². The molecule has 1 saturated heterocycles. The van der Waals surface area contributed by atoms with Crippen LogP contribution in [0.1, 0.15) is 41.2 Å². The molecule has 4 heteroatoms. The lowest BCUT2D eigenvalue weighted by molar-refractivity contribution is 0.0611. The summed E-state index contributed by atoms with van der Waals surface area (Å²) in [6, 6.07) is 9.72. The van der Waals surface area contributed by atoms with Crippen molar-refractivity contribution >= 4 is 5.91 Å². The number of halogens is 1. The molecule has 108 valence electrons. The van der Waals surface area contributed by atoms with Crippen LogP contribution in [0, 0.1) is 5.82 Å². The van der Waals surface area contributed by atoms with Gasteiger partial charge in [0.05, 0.1) is 6.04 Å². The highest BCUT2D eigenvalue weighted by Gasteiger charge is 2.28. The topological polar surface area (TPSA) is 33.2 Å². The third-order valence-corrected chi connectivity index (χ3v) is 3.92. The summed E-state index contributed by atoms with van der Waals surface area (Å²) in [5, 5.41) is 0. The lowest BCUT2D eigenvalue weighted by atomic mass is 9.95. The minimum Gasteiger partial charge on any atom is -0.332 e. The fourth-order valence-corrected chi connectivity index (χ4v) is 2.85. The molecular formula is C17H17FN2O. The van der Waals surface area contributed by atoms with E-state index in [0.717, 1.165) is 31.4 Å². The Balaban J connectivity index is 1.87. The second-order valence-electron chi connectivity index (χ2n) is 5.30. The van der Waals surface area contributed by atoms with Crippen LogP contribution in [0.5, 0.6) is 0 Å². The van der Waals surface area contributed by atoms with Crippen molar-refractivity contribution in [3.63, 3.8) is 0 Å². The zero-order valence-corrected chi connectivity index (χ0v) is 11.7. The van der Waals surface area contributed by atoms with Crippen molar-refractivity contribution < 1.29 is 9.18 Å². The van der Waals surface area contributed by atoms with Crippen LogP contribution in [0.25, 0.3) is 0 Å². The highest BCUT2D eigenvalue weighted by Crippen LogP contribution is 2.31. The van der Waals surface area contributed by atoms with Crippen LogP contribution in [0.4, 0.5) is 4.39 Å². The maximum absolute atomic E-state index is 13.0. The van der Waals surface area contributed by atoms with E-state index in [0.29, 0.717) is 5.56 Å². The first kappa shape index (κ1) is 13.7. The first-order valence-corrected chi connectivity index (χ1v) is 7.22. The largest absolute Gasteiger partial charge is 0.332 e. The van der Waals surface area contributed by atoms with Gasteiger partial charge in [-0.2, -0.15) is 0 Å². The molecule has 0 saturated carbocycles. The van der Waals surface area contributed by atoms with Crippen LogP contribution in [0.2, 0.25) is 0 Å². The Morgan fingerprint density at radius 1 is 1.19 bits per heavy atom. The smallest absolute Gasteiger partial charge is 0.254 e. The molecule has 0 spiro atoms. The summed E-state index contributed by atoms with van der Waals surface area (Å²) in [5.74, 6) is -0.363. The van der Waals surface area contributed by atoms with Crippen molar-refractivity contribution in [2.75, 3.05) is 6.54 Å². The van der Waals surface area contributed by atoms with Gasteiger partial charge in [0.2, 0.25) is 0 Å². The third-order valence-electron chi connectivity index (χ3n) is 3.92. The van der Waals surface area contributed by atoms with Gasteiger partial charge < -0.3 is 4.90 Å². The Bertz CT molecular complexity index is 612. The molecule has 3 nitrogen and oxygen atoms in total. The molecule has 0 radical (unpaired) electrons. The summed E-state index contributed by atoms with van der Waals surface area (Å²) in [6.07, 6.45) is 6.61. The molecule has 1 aliphatic rings. The number of likely N-dealkylation sites (tertiary alicyclic amines) is 1. The molecule has 2 aromatic rings. The molecule has 1 unspecified atom stereocenters. The first-order valence-electron chi connectivity index (χ1n) is 7.22. The number of benzene rings is 1. The molecule has 1 aromatic carbocycles. The zero-order chi connectivity index (χ0) is 14.7. The first-order chi connectivity index (χ1) is 10.3. The van der Waals surface area contributed by atoms with Gasteiger partial charge in [-0.15, -0.1) is 0 Å². The van der Waals surface area contributed by atoms with Crippen molar-refractivity contribution in [2.24, 2.45) is 0 Å². The molecule has 1 aromatic heterocycles. The summed E-state index contributed by atoms with van der Waals surface area (Å²) < 4.78 is 13.0. The second kappa shape index (κ2) is 6.04. The monoisotopic (exact) mass is 284 g/mol. The average molecular weight is 284 g/mol. The third kappa shape index (κ3) is 2.94. The number of hydrogen-bond acceptors (Lipinski definition) is 2. The maximum Gasteiger partial charge on any atom is 0.254 e. The van der Waals surface area contributed by atoms with Crippen LogP contribution in [0.3, 0.4) is 0 Å². The highest BCUT2D eigenvalue weighted by atomic mass is 19.1. The van der Waals surface area contributed by atoms with Crippen molar-refractivity contribution in [2.45, 2.75) is 25.3 Å². The van der Waals surface area contributed by atoms with Crippen LogP contribution in [-0.2, 0) is 0 Å².